The fourth-order valence-corrected chi connectivity index (χ4v) is 2.14. The number of aryl methyl sites for hydroxylation is 1. The molecule has 0 fully saturated rings. The second-order valence-electron chi connectivity index (χ2n) is 3.66. The molecule has 0 amide bonds. The Kier molecular flexibility index (Phi) is 3.84. The quantitative estimate of drug-likeness (QED) is 0.219. The van der Waals surface area contributed by atoms with Crippen LogP contribution in [0.1, 0.15) is 5.69 Å². The minimum Gasteiger partial charge on any atom is -0.409 e. The first-order valence-corrected chi connectivity index (χ1v) is 6.12. The van der Waals surface area contributed by atoms with Gasteiger partial charge in [-0.05, 0) is 12.1 Å². The van der Waals surface area contributed by atoms with Gasteiger partial charge in [-0.15, -0.1) is 0 Å². The molecule has 4 N–H and O–H groups in total. The topological polar surface area (TPSA) is 139 Å². The number of nitrogens with two attached hydrogens (primary N) is 1. The first-order valence-electron chi connectivity index (χ1n) is 5.30. The molecule has 10 heteroatoms. The zero-order valence-electron chi connectivity index (χ0n) is 10.3. The molecular weight excluding hydrogens is 284 g/mol. The predicted octanol–water partition coefficient (Wildman–Crippen LogP) is -0.891. The van der Waals surface area contributed by atoms with Gasteiger partial charge in [-0.2, -0.15) is 4.98 Å². The van der Waals surface area contributed by atoms with Crippen molar-refractivity contribution in [2.24, 2.45) is 17.9 Å². The number of amidine groups is 1. The first-order chi connectivity index (χ1) is 9.51. The molecular formula is C10H10N6O3S. The van der Waals surface area contributed by atoms with Crippen molar-refractivity contribution in [3.8, 4) is 0 Å². The Balaban J connectivity index is 2.38. The average Bonchev–Trinajstić information content (AvgIpc) is 2.44. The third-order valence-electron chi connectivity index (χ3n) is 2.26. The van der Waals surface area contributed by atoms with Crippen LogP contribution in [0, 0.1) is 0 Å². The summed E-state index contributed by atoms with van der Waals surface area (Å²) >= 11 is 1.13. The number of rotatable bonds is 3. The van der Waals surface area contributed by atoms with Gasteiger partial charge in [0.25, 0.3) is 0 Å². The molecule has 0 radical (unpaired) electrons. The number of H-pyrrole nitrogens is 1. The molecule has 0 spiro atoms. The van der Waals surface area contributed by atoms with Crippen molar-refractivity contribution in [3.63, 3.8) is 0 Å². The maximum absolute atomic E-state index is 11.2. The molecule has 0 atom stereocenters. The Hall–Kier alpha value is -2.62. The molecule has 2 rings (SSSR count). The van der Waals surface area contributed by atoms with Crippen molar-refractivity contribution in [1.29, 1.82) is 0 Å². The van der Waals surface area contributed by atoms with Gasteiger partial charge in [-0.3, -0.25) is 24.4 Å². The van der Waals surface area contributed by atoms with Gasteiger partial charge < -0.3 is 10.9 Å². The molecule has 0 unspecified atom stereocenters. The number of aromatic nitrogens is 4. The van der Waals surface area contributed by atoms with E-state index in [-0.39, 0.29) is 11.5 Å². The van der Waals surface area contributed by atoms with Crippen LogP contribution in [-0.4, -0.2) is 30.8 Å². The van der Waals surface area contributed by atoms with Crippen molar-refractivity contribution in [1.82, 2.24) is 19.7 Å². The molecule has 2 aromatic heterocycles. The van der Waals surface area contributed by atoms with E-state index in [0.29, 0.717) is 10.1 Å². The van der Waals surface area contributed by atoms with Gasteiger partial charge in [0, 0.05) is 18.1 Å². The van der Waals surface area contributed by atoms with Crippen LogP contribution in [0.15, 0.2) is 43.1 Å². The zero-order valence-corrected chi connectivity index (χ0v) is 11.1. The van der Waals surface area contributed by atoms with E-state index in [1.165, 1.54) is 10.9 Å². The summed E-state index contributed by atoms with van der Waals surface area (Å²) in [6, 6.07) is 3.23. The zero-order chi connectivity index (χ0) is 14.7. The number of hydrogen-bond acceptors (Lipinski definition) is 7. The lowest BCUT2D eigenvalue weighted by atomic mass is 10.3. The van der Waals surface area contributed by atoms with Gasteiger partial charge >= 0.3 is 11.1 Å². The molecule has 0 saturated carbocycles. The Bertz CT molecular complexity index is 781. The van der Waals surface area contributed by atoms with Gasteiger partial charge in [0.1, 0.15) is 5.69 Å². The van der Waals surface area contributed by atoms with Crippen LogP contribution in [0.5, 0.6) is 0 Å². The Morgan fingerprint density at radius 1 is 1.55 bits per heavy atom. The maximum atomic E-state index is 11.2. The van der Waals surface area contributed by atoms with E-state index in [2.05, 4.69) is 20.2 Å². The summed E-state index contributed by atoms with van der Waals surface area (Å²) in [5, 5.41) is 14.1. The van der Waals surface area contributed by atoms with Crippen molar-refractivity contribution in [2.45, 2.75) is 10.1 Å². The number of aromatic amines is 1. The molecule has 0 aliphatic carbocycles. The summed E-state index contributed by atoms with van der Waals surface area (Å²) in [5.74, 6) is -0.129. The minimum atomic E-state index is -0.865. The third-order valence-corrected chi connectivity index (χ3v) is 3.30. The van der Waals surface area contributed by atoms with E-state index >= 15 is 0 Å². The molecule has 2 aromatic rings. The largest absolute Gasteiger partial charge is 0.409 e. The van der Waals surface area contributed by atoms with E-state index in [1.54, 1.807) is 19.2 Å². The predicted molar refractivity (Wildman–Crippen MR) is 71.0 cm³/mol. The highest BCUT2D eigenvalue weighted by Crippen LogP contribution is 2.24. The van der Waals surface area contributed by atoms with Crippen LogP contribution in [0.25, 0.3) is 0 Å². The molecule has 0 aliphatic rings. The molecule has 104 valence electrons. The van der Waals surface area contributed by atoms with Gasteiger partial charge in [-0.1, -0.05) is 16.9 Å². The molecule has 0 aromatic carbocycles. The van der Waals surface area contributed by atoms with Crippen molar-refractivity contribution < 1.29 is 5.21 Å². The van der Waals surface area contributed by atoms with E-state index < -0.39 is 11.1 Å². The molecule has 9 nitrogen and oxygen atoms in total. The molecule has 0 aliphatic heterocycles. The number of nitrogens with zero attached hydrogens (tertiary/aromatic N) is 4. The van der Waals surface area contributed by atoms with Crippen LogP contribution in [0.4, 0.5) is 0 Å². The Labute approximate surface area is 116 Å². The lowest BCUT2D eigenvalue weighted by molar-refractivity contribution is 0.318. The molecule has 0 saturated heterocycles. The van der Waals surface area contributed by atoms with Gasteiger partial charge in [0.2, 0.25) is 0 Å². The number of nitrogens with one attached hydrogen (secondary N) is 1. The van der Waals surface area contributed by atoms with Crippen LogP contribution in [-0.2, 0) is 7.05 Å². The second kappa shape index (κ2) is 5.57. The standard InChI is InChI=1S/C10H10N6O3S/c1-16-10(13-8(17)9(18)14-16)20-5-2-3-12-6(4-5)7(11)15-19/h2-4,19H,1H3,(H2,11,15)(H,14,18). The van der Waals surface area contributed by atoms with E-state index in [1.807, 2.05) is 0 Å². The molecule has 0 bridgehead atoms. The summed E-state index contributed by atoms with van der Waals surface area (Å²) in [5.41, 5.74) is 4.07. The summed E-state index contributed by atoms with van der Waals surface area (Å²) in [4.78, 5) is 30.6. The Morgan fingerprint density at radius 3 is 3.00 bits per heavy atom. The van der Waals surface area contributed by atoms with Gasteiger partial charge in [0.15, 0.2) is 11.0 Å². The lowest BCUT2D eigenvalue weighted by Crippen LogP contribution is -2.33. The van der Waals surface area contributed by atoms with Crippen LogP contribution in [0.3, 0.4) is 0 Å². The third kappa shape index (κ3) is 2.85. The summed E-state index contributed by atoms with van der Waals surface area (Å²) in [6.45, 7) is 0. The van der Waals surface area contributed by atoms with Crippen LogP contribution < -0.4 is 16.9 Å². The number of pyridine rings is 1. The fraction of sp³-hybridized carbons (Fsp3) is 0.100. The number of hydrogen-bond donors (Lipinski definition) is 3. The molecule has 20 heavy (non-hydrogen) atoms. The average molecular weight is 294 g/mol. The van der Waals surface area contributed by atoms with Crippen molar-refractivity contribution in [2.75, 3.05) is 0 Å². The summed E-state index contributed by atoms with van der Waals surface area (Å²) < 4.78 is 1.33. The van der Waals surface area contributed by atoms with Crippen LogP contribution in [0.2, 0.25) is 0 Å². The SMILES string of the molecule is Cn1[nH]c(=O)c(=O)nc1Sc1ccnc(/C(N)=N/O)c1. The van der Waals surface area contributed by atoms with E-state index in [4.69, 9.17) is 10.9 Å². The summed E-state index contributed by atoms with van der Waals surface area (Å²) in [6.07, 6.45) is 1.47. The van der Waals surface area contributed by atoms with E-state index in [9.17, 15) is 9.59 Å². The fourth-order valence-electron chi connectivity index (χ4n) is 1.32. The maximum Gasteiger partial charge on any atom is 0.339 e. The van der Waals surface area contributed by atoms with Crippen molar-refractivity contribution in [3.05, 3.63) is 44.7 Å². The highest BCUT2D eigenvalue weighted by molar-refractivity contribution is 7.99. The van der Waals surface area contributed by atoms with E-state index in [0.717, 1.165) is 11.8 Å². The minimum absolute atomic E-state index is 0.129. The highest BCUT2D eigenvalue weighted by Gasteiger charge is 2.08. The monoisotopic (exact) mass is 294 g/mol. The van der Waals surface area contributed by atoms with Gasteiger partial charge in [-0.25, -0.2) is 0 Å². The smallest absolute Gasteiger partial charge is 0.339 e. The second-order valence-corrected chi connectivity index (χ2v) is 4.70. The normalized spacial score (nSPS) is 11.6. The Morgan fingerprint density at radius 2 is 2.30 bits per heavy atom. The lowest BCUT2D eigenvalue weighted by Gasteiger charge is -2.06. The van der Waals surface area contributed by atoms with Gasteiger partial charge in [0.05, 0.1) is 0 Å². The highest BCUT2D eigenvalue weighted by atomic mass is 32.2. The van der Waals surface area contributed by atoms with Crippen LogP contribution >= 0.6 is 11.8 Å². The first kappa shape index (κ1) is 13.8. The molecule has 2 heterocycles. The summed E-state index contributed by atoms with van der Waals surface area (Å²) in [7, 11) is 1.56. The van der Waals surface area contributed by atoms with Crippen molar-refractivity contribution >= 4 is 17.6 Å². The number of oxime groups is 1.